The molecule has 0 saturated heterocycles. The lowest BCUT2D eigenvalue weighted by Gasteiger charge is -2.10. The van der Waals surface area contributed by atoms with Gasteiger partial charge in [0.15, 0.2) is 0 Å². The number of carbonyl (C=O) groups is 2. The molecule has 36 heavy (non-hydrogen) atoms. The summed E-state index contributed by atoms with van der Waals surface area (Å²) in [4.78, 5) is 26.5. The molecular formula is C29H27NO6. The molecule has 3 aromatic carbocycles. The number of hydrogen-bond donors (Lipinski definition) is 1. The monoisotopic (exact) mass is 485 g/mol. The minimum Gasteiger partial charge on any atom is -0.493 e. The molecule has 0 aliphatic carbocycles. The highest BCUT2D eigenvalue weighted by Gasteiger charge is 2.13. The minimum atomic E-state index is -0.889. The molecule has 7 heteroatoms. The highest BCUT2D eigenvalue weighted by molar-refractivity contribution is 5.77. The van der Waals surface area contributed by atoms with Crippen molar-refractivity contribution in [2.75, 3.05) is 13.2 Å². The van der Waals surface area contributed by atoms with E-state index in [4.69, 9.17) is 19.0 Å². The van der Waals surface area contributed by atoms with Crippen molar-refractivity contribution < 1.29 is 28.6 Å². The van der Waals surface area contributed by atoms with E-state index < -0.39 is 11.9 Å². The van der Waals surface area contributed by atoms with Gasteiger partial charge in [0.05, 0.1) is 18.2 Å². The van der Waals surface area contributed by atoms with Gasteiger partial charge in [-0.15, -0.1) is 0 Å². The second kappa shape index (κ2) is 11.4. The van der Waals surface area contributed by atoms with Crippen molar-refractivity contribution in [3.63, 3.8) is 0 Å². The lowest BCUT2D eigenvalue weighted by Crippen LogP contribution is -2.17. The number of ether oxygens (including phenoxy) is 2. The van der Waals surface area contributed by atoms with Crippen LogP contribution in [0, 0.1) is 12.8 Å². The molecule has 0 amide bonds. The first-order valence-electron chi connectivity index (χ1n) is 11.6. The summed E-state index contributed by atoms with van der Waals surface area (Å²) in [7, 11) is 0. The van der Waals surface area contributed by atoms with Crippen LogP contribution in [-0.4, -0.2) is 35.6 Å². The Kier molecular flexibility index (Phi) is 7.80. The third kappa shape index (κ3) is 6.18. The maximum Gasteiger partial charge on any atom is 0.309 e. The predicted octanol–water partition coefficient (Wildman–Crippen LogP) is 5.85. The molecule has 0 aliphatic rings. The van der Waals surface area contributed by atoms with Gasteiger partial charge in [0, 0.05) is 17.5 Å². The number of aromatic nitrogens is 1. The van der Waals surface area contributed by atoms with Crippen LogP contribution >= 0.6 is 0 Å². The highest BCUT2D eigenvalue weighted by Crippen LogP contribution is 2.28. The lowest BCUT2D eigenvalue weighted by atomic mass is 10.0. The van der Waals surface area contributed by atoms with Gasteiger partial charge in [0.2, 0.25) is 5.89 Å². The van der Waals surface area contributed by atoms with Crippen molar-refractivity contribution in [2.24, 2.45) is 5.92 Å². The van der Waals surface area contributed by atoms with E-state index in [0.29, 0.717) is 36.0 Å². The molecule has 7 nitrogen and oxygen atoms in total. The number of aryl methyl sites for hydroxylation is 1. The van der Waals surface area contributed by atoms with Gasteiger partial charge >= 0.3 is 5.97 Å². The Morgan fingerprint density at radius 1 is 0.972 bits per heavy atom. The van der Waals surface area contributed by atoms with E-state index in [9.17, 15) is 9.59 Å². The molecule has 1 N–H and O–H groups in total. The second-order valence-corrected chi connectivity index (χ2v) is 8.46. The van der Waals surface area contributed by atoms with Gasteiger partial charge < -0.3 is 19.0 Å². The number of carboxylic acids is 1. The van der Waals surface area contributed by atoms with E-state index >= 15 is 0 Å². The molecule has 1 atom stereocenters. The molecule has 0 fully saturated rings. The Bertz CT molecular complexity index is 1320. The van der Waals surface area contributed by atoms with Gasteiger partial charge in [-0.2, -0.15) is 0 Å². The lowest BCUT2D eigenvalue weighted by molar-refractivity contribution is -0.142. The second-order valence-electron chi connectivity index (χ2n) is 8.46. The molecule has 1 aromatic heterocycles. The van der Waals surface area contributed by atoms with Crippen molar-refractivity contribution >= 4 is 12.3 Å². The van der Waals surface area contributed by atoms with E-state index in [1.165, 1.54) is 0 Å². The third-order valence-corrected chi connectivity index (χ3v) is 5.74. The Labute approximate surface area is 209 Å². The van der Waals surface area contributed by atoms with Crippen LogP contribution in [0.2, 0.25) is 0 Å². The number of hydrogen-bond acceptors (Lipinski definition) is 6. The van der Waals surface area contributed by atoms with Crippen molar-refractivity contribution in [3.8, 4) is 34.1 Å². The maximum absolute atomic E-state index is 10.9. The van der Waals surface area contributed by atoms with E-state index in [0.717, 1.165) is 34.4 Å². The summed E-state index contributed by atoms with van der Waals surface area (Å²) in [5, 5.41) is 8.94. The van der Waals surface area contributed by atoms with Crippen LogP contribution in [0.4, 0.5) is 0 Å². The fourth-order valence-corrected chi connectivity index (χ4v) is 3.56. The van der Waals surface area contributed by atoms with Crippen LogP contribution in [-0.2, 0) is 11.2 Å². The average Bonchev–Trinajstić information content (AvgIpc) is 3.28. The predicted molar refractivity (Wildman–Crippen MR) is 135 cm³/mol. The van der Waals surface area contributed by atoms with E-state index in [-0.39, 0.29) is 6.61 Å². The van der Waals surface area contributed by atoms with Gasteiger partial charge in [-0.25, -0.2) is 4.98 Å². The molecule has 4 aromatic rings. The van der Waals surface area contributed by atoms with E-state index in [1.54, 1.807) is 43.3 Å². The topological polar surface area (TPSA) is 98.9 Å². The molecule has 4 rings (SSSR count). The van der Waals surface area contributed by atoms with E-state index in [1.807, 2.05) is 43.3 Å². The molecule has 1 heterocycles. The van der Waals surface area contributed by atoms with Gasteiger partial charge in [0.1, 0.15) is 30.2 Å². The van der Waals surface area contributed by atoms with Crippen molar-refractivity contribution in [1.82, 2.24) is 4.98 Å². The summed E-state index contributed by atoms with van der Waals surface area (Å²) >= 11 is 0. The standard InChI is InChI=1S/C29H27NO6/c1-19(29(32)33)18-35-26-12-10-25(11-13-26)34-15-14-27-20(2)36-28(30-27)24-5-3-4-23(16-24)22-8-6-21(17-31)7-9-22/h3-13,16-17,19H,14-15,18H2,1-2H3,(H,32,33). The Morgan fingerprint density at radius 2 is 1.64 bits per heavy atom. The van der Waals surface area contributed by atoms with Gasteiger partial charge in [0.25, 0.3) is 0 Å². The first-order valence-corrected chi connectivity index (χ1v) is 11.6. The van der Waals surface area contributed by atoms with Gasteiger partial charge in [-0.05, 0) is 61.4 Å². The molecule has 0 spiro atoms. The molecule has 184 valence electrons. The summed E-state index contributed by atoms with van der Waals surface area (Å²) in [5.74, 6) is 1.10. The number of carbonyl (C=O) groups excluding carboxylic acids is 1. The normalized spacial score (nSPS) is 11.6. The van der Waals surface area contributed by atoms with Crippen molar-refractivity contribution in [3.05, 3.63) is 89.8 Å². The zero-order valence-corrected chi connectivity index (χ0v) is 20.1. The Morgan fingerprint density at radius 3 is 2.31 bits per heavy atom. The van der Waals surface area contributed by atoms with Crippen LogP contribution < -0.4 is 9.47 Å². The molecule has 0 bridgehead atoms. The number of carboxylic acid groups (broad SMARTS) is 1. The minimum absolute atomic E-state index is 0.110. The summed E-state index contributed by atoms with van der Waals surface area (Å²) in [6, 6.07) is 22.4. The van der Waals surface area contributed by atoms with Gasteiger partial charge in [-0.3, -0.25) is 9.59 Å². The summed E-state index contributed by atoms with van der Waals surface area (Å²) in [6.45, 7) is 4.02. The number of rotatable bonds is 11. The maximum atomic E-state index is 10.9. The smallest absolute Gasteiger partial charge is 0.309 e. The number of oxazole rings is 1. The molecule has 1 unspecified atom stereocenters. The first kappa shape index (κ1) is 24.7. The number of aliphatic carboxylic acids is 1. The number of aldehydes is 1. The number of nitrogens with zero attached hydrogens (tertiary/aromatic N) is 1. The van der Waals surface area contributed by atoms with Crippen LogP contribution in [0.5, 0.6) is 11.5 Å². The summed E-state index contributed by atoms with van der Waals surface area (Å²) < 4.78 is 17.3. The Balaban J connectivity index is 1.35. The van der Waals surface area contributed by atoms with Gasteiger partial charge in [-0.1, -0.05) is 36.4 Å². The number of benzene rings is 3. The molecule has 0 aliphatic heterocycles. The van der Waals surface area contributed by atoms with Crippen LogP contribution in [0.1, 0.15) is 28.7 Å². The van der Waals surface area contributed by atoms with E-state index in [2.05, 4.69) is 4.98 Å². The average molecular weight is 486 g/mol. The third-order valence-electron chi connectivity index (χ3n) is 5.74. The SMILES string of the molecule is Cc1oc(-c2cccc(-c3ccc(C=O)cc3)c2)nc1CCOc1ccc(OCC(C)C(=O)O)cc1. The van der Waals surface area contributed by atoms with Crippen LogP contribution in [0.3, 0.4) is 0 Å². The zero-order valence-electron chi connectivity index (χ0n) is 20.1. The largest absolute Gasteiger partial charge is 0.493 e. The summed E-state index contributed by atoms with van der Waals surface area (Å²) in [5.41, 5.74) is 4.35. The Hall–Kier alpha value is -4.39. The fourth-order valence-electron chi connectivity index (χ4n) is 3.56. The van der Waals surface area contributed by atoms with Crippen molar-refractivity contribution in [1.29, 1.82) is 0 Å². The van der Waals surface area contributed by atoms with Crippen LogP contribution in [0.25, 0.3) is 22.6 Å². The molecule has 0 saturated carbocycles. The van der Waals surface area contributed by atoms with Crippen molar-refractivity contribution in [2.45, 2.75) is 20.3 Å². The fraction of sp³-hybridized carbons (Fsp3) is 0.207. The quantitative estimate of drug-likeness (QED) is 0.266. The first-order chi connectivity index (χ1) is 17.4. The highest BCUT2D eigenvalue weighted by atomic mass is 16.5. The molecular weight excluding hydrogens is 458 g/mol. The van der Waals surface area contributed by atoms with Crippen LogP contribution in [0.15, 0.2) is 77.2 Å². The summed E-state index contributed by atoms with van der Waals surface area (Å²) in [6.07, 6.45) is 1.41. The zero-order chi connectivity index (χ0) is 25.5. The molecule has 0 radical (unpaired) electrons.